The highest BCUT2D eigenvalue weighted by atomic mass is 32.2. The molecule has 0 saturated heterocycles. The fourth-order valence-corrected chi connectivity index (χ4v) is 3.76. The summed E-state index contributed by atoms with van der Waals surface area (Å²) in [5, 5.41) is 20.0. The number of aromatic nitrogens is 4. The molecule has 4 rings (SSSR count). The summed E-state index contributed by atoms with van der Waals surface area (Å²) in [6, 6.07) is 8.18. The lowest BCUT2D eigenvalue weighted by molar-refractivity contribution is -0.113. The number of carbonyl (C=O) groups excluding carboxylic acids is 1. The molecule has 0 atom stereocenters. The van der Waals surface area contributed by atoms with Crippen molar-refractivity contribution in [1.29, 1.82) is 5.26 Å². The van der Waals surface area contributed by atoms with Gasteiger partial charge >= 0.3 is 0 Å². The van der Waals surface area contributed by atoms with E-state index in [0.29, 0.717) is 28.1 Å². The Labute approximate surface area is 171 Å². The molecule has 0 aliphatic heterocycles. The van der Waals surface area contributed by atoms with E-state index in [0.717, 1.165) is 29.9 Å². The van der Waals surface area contributed by atoms with Crippen LogP contribution in [0.4, 0.5) is 10.2 Å². The molecule has 148 valence electrons. The van der Waals surface area contributed by atoms with Gasteiger partial charge in [-0.15, -0.1) is 5.10 Å². The molecule has 0 bridgehead atoms. The third kappa shape index (κ3) is 3.89. The second-order valence-electron chi connectivity index (χ2n) is 6.98. The Hall–Kier alpha value is -3.12. The van der Waals surface area contributed by atoms with E-state index in [1.54, 1.807) is 23.6 Å². The molecule has 2 N–H and O–H groups in total. The maximum atomic E-state index is 13.8. The van der Waals surface area contributed by atoms with Crippen molar-refractivity contribution in [3.05, 3.63) is 52.7 Å². The highest BCUT2D eigenvalue weighted by Gasteiger charge is 2.27. The molecule has 1 saturated carbocycles. The van der Waals surface area contributed by atoms with Crippen LogP contribution in [0.25, 0.3) is 5.69 Å². The summed E-state index contributed by atoms with van der Waals surface area (Å²) < 4.78 is 15.4. The SMILES string of the molecule is Cc1c(C#N)c(NC(=O)CSc2n[nH]c(C3CC3)n2)n(-c2cccc(F)c2)c1C. The third-order valence-corrected chi connectivity index (χ3v) is 5.78. The van der Waals surface area contributed by atoms with Crippen molar-refractivity contribution in [2.75, 3.05) is 11.1 Å². The van der Waals surface area contributed by atoms with E-state index in [2.05, 4.69) is 26.6 Å². The average molecular weight is 410 g/mol. The molecule has 1 aliphatic carbocycles. The molecule has 1 amide bonds. The molecule has 0 spiro atoms. The zero-order valence-electron chi connectivity index (χ0n) is 16.0. The standard InChI is InChI=1S/C20H19FN6OS/c1-11-12(2)27(15-5-3-4-14(21)8-15)19(16(11)9-22)23-17(28)10-29-20-24-18(25-26-20)13-6-7-13/h3-5,8,13H,6-7,10H2,1-2H3,(H,23,28)(H,24,25,26). The molecule has 3 aromatic rings. The van der Waals surface area contributed by atoms with Gasteiger partial charge in [0.2, 0.25) is 11.1 Å². The summed E-state index contributed by atoms with van der Waals surface area (Å²) in [4.78, 5) is 17.0. The van der Waals surface area contributed by atoms with Gasteiger partial charge in [-0.05, 0) is 50.5 Å². The fourth-order valence-electron chi connectivity index (χ4n) is 3.16. The largest absolute Gasteiger partial charge is 0.310 e. The second kappa shape index (κ2) is 7.72. The Bertz CT molecular complexity index is 1120. The minimum Gasteiger partial charge on any atom is -0.310 e. The van der Waals surface area contributed by atoms with E-state index in [1.165, 1.54) is 23.9 Å². The van der Waals surface area contributed by atoms with Crippen molar-refractivity contribution in [1.82, 2.24) is 19.7 Å². The van der Waals surface area contributed by atoms with Crippen LogP contribution >= 0.6 is 11.8 Å². The van der Waals surface area contributed by atoms with E-state index >= 15 is 0 Å². The van der Waals surface area contributed by atoms with Crippen molar-refractivity contribution >= 4 is 23.5 Å². The Kier molecular flexibility index (Phi) is 5.11. The molecular weight excluding hydrogens is 391 g/mol. The number of amides is 1. The monoisotopic (exact) mass is 410 g/mol. The van der Waals surface area contributed by atoms with Crippen LogP contribution in [0.1, 0.15) is 41.4 Å². The van der Waals surface area contributed by atoms with Crippen LogP contribution in [0, 0.1) is 31.0 Å². The summed E-state index contributed by atoms with van der Waals surface area (Å²) >= 11 is 1.22. The Morgan fingerprint density at radius 1 is 1.45 bits per heavy atom. The molecule has 29 heavy (non-hydrogen) atoms. The first-order chi connectivity index (χ1) is 14.0. The van der Waals surface area contributed by atoms with E-state index in [9.17, 15) is 14.4 Å². The van der Waals surface area contributed by atoms with Crippen molar-refractivity contribution in [2.24, 2.45) is 0 Å². The first-order valence-electron chi connectivity index (χ1n) is 9.20. The van der Waals surface area contributed by atoms with Gasteiger partial charge in [-0.1, -0.05) is 17.8 Å². The number of rotatable bonds is 6. The quantitative estimate of drug-likeness (QED) is 0.602. The molecule has 2 aromatic heterocycles. The molecule has 1 aliphatic rings. The number of carbonyl (C=O) groups is 1. The lowest BCUT2D eigenvalue weighted by Gasteiger charge is -2.13. The molecule has 0 radical (unpaired) electrons. The summed E-state index contributed by atoms with van der Waals surface area (Å²) in [6.07, 6.45) is 2.24. The number of halogens is 1. The molecule has 0 unspecified atom stereocenters. The Balaban J connectivity index is 1.55. The Morgan fingerprint density at radius 2 is 2.24 bits per heavy atom. The second-order valence-corrected chi connectivity index (χ2v) is 7.92. The summed E-state index contributed by atoms with van der Waals surface area (Å²) in [5.41, 5.74) is 2.40. The van der Waals surface area contributed by atoms with Crippen molar-refractivity contribution in [2.45, 2.75) is 37.8 Å². The highest BCUT2D eigenvalue weighted by molar-refractivity contribution is 7.99. The maximum absolute atomic E-state index is 13.8. The predicted octanol–water partition coefficient (Wildman–Crippen LogP) is 3.83. The number of anilines is 1. The summed E-state index contributed by atoms with van der Waals surface area (Å²) in [6.45, 7) is 3.64. The van der Waals surface area contributed by atoms with Gasteiger partial charge in [-0.25, -0.2) is 9.37 Å². The topological polar surface area (TPSA) is 99.4 Å². The average Bonchev–Trinajstić information content (AvgIpc) is 3.39. The van der Waals surface area contributed by atoms with Crippen molar-refractivity contribution in [3.8, 4) is 11.8 Å². The van der Waals surface area contributed by atoms with Gasteiger partial charge in [0.15, 0.2) is 0 Å². The van der Waals surface area contributed by atoms with Gasteiger partial charge in [0, 0.05) is 11.6 Å². The van der Waals surface area contributed by atoms with Gasteiger partial charge < -0.3 is 5.32 Å². The first-order valence-corrected chi connectivity index (χ1v) is 10.2. The van der Waals surface area contributed by atoms with Gasteiger partial charge in [0.1, 0.15) is 23.5 Å². The van der Waals surface area contributed by atoms with E-state index in [4.69, 9.17) is 0 Å². The minimum absolute atomic E-state index is 0.0965. The molecule has 9 heteroatoms. The lowest BCUT2D eigenvalue weighted by Crippen LogP contribution is -2.18. The highest BCUT2D eigenvalue weighted by Crippen LogP contribution is 2.38. The van der Waals surface area contributed by atoms with Gasteiger partial charge in [0.05, 0.1) is 17.0 Å². The number of benzene rings is 1. The number of hydrogen-bond acceptors (Lipinski definition) is 5. The molecule has 1 fully saturated rings. The van der Waals surface area contributed by atoms with E-state index < -0.39 is 5.82 Å². The Morgan fingerprint density at radius 3 is 2.93 bits per heavy atom. The number of hydrogen-bond donors (Lipinski definition) is 2. The normalized spacial score (nSPS) is 13.3. The van der Waals surface area contributed by atoms with Gasteiger partial charge in [0.25, 0.3) is 0 Å². The summed E-state index contributed by atoms with van der Waals surface area (Å²) in [5.74, 6) is 1.08. The minimum atomic E-state index is -0.393. The van der Waals surface area contributed by atoms with Crippen LogP contribution in [-0.4, -0.2) is 31.4 Å². The van der Waals surface area contributed by atoms with Crippen LogP contribution in [0.15, 0.2) is 29.4 Å². The zero-order valence-corrected chi connectivity index (χ0v) is 16.8. The number of thioether (sulfide) groups is 1. The number of nitrogens with zero attached hydrogens (tertiary/aromatic N) is 4. The van der Waals surface area contributed by atoms with Crippen LogP contribution in [-0.2, 0) is 4.79 Å². The maximum Gasteiger partial charge on any atom is 0.236 e. The third-order valence-electron chi connectivity index (χ3n) is 4.93. The first kappa shape index (κ1) is 19.2. The number of aromatic amines is 1. The van der Waals surface area contributed by atoms with Gasteiger partial charge in [-0.2, -0.15) is 5.26 Å². The molecular formula is C20H19FN6OS. The number of nitriles is 1. The molecule has 2 heterocycles. The number of nitrogens with one attached hydrogen (secondary N) is 2. The van der Waals surface area contributed by atoms with Crippen molar-refractivity contribution < 1.29 is 9.18 Å². The van der Waals surface area contributed by atoms with E-state index in [1.807, 2.05) is 6.92 Å². The zero-order chi connectivity index (χ0) is 20.5. The fraction of sp³-hybridized carbons (Fsp3) is 0.300. The number of H-pyrrole nitrogens is 1. The van der Waals surface area contributed by atoms with Crippen LogP contribution in [0.3, 0.4) is 0 Å². The van der Waals surface area contributed by atoms with Gasteiger partial charge in [-0.3, -0.25) is 14.5 Å². The van der Waals surface area contributed by atoms with Crippen molar-refractivity contribution in [3.63, 3.8) is 0 Å². The van der Waals surface area contributed by atoms with Crippen LogP contribution in [0.5, 0.6) is 0 Å². The lowest BCUT2D eigenvalue weighted by atomic mass is 10.2. The smallest absolute Gasteiger partial charge is 0.236 e. The van der Waals surface area contributed by atoms with E-state index in [-0.39, 0.29) is 11.7 Å². The molecule has 7 nitrogen and oxygen atoms in total. The predicted molar refractivity (Wildman–Crippen MR) is 108 cm³/mol. The summed E-state index contributed by atoms with van der Waals surface area (Å²) in [7, 11) is 0. The van der Waals surface area contributed by atoms with Crippen LogP contribution in [0.2, 0.25) is 0 Å². The molecule has 1 aromatic carbocycles. The van der Waals surface area contributed by atoms with Crippen LogP contribution < -0.4 is 5.32 Å².